The molecule has 1 saturated heterocycles. The monoisotopic (exact) mass is 284 g/mol. The summed E-state index contributed by atoms with van der Waals surface area (Å²) in [7, 11) is 0. The first kappa shape index (κ1) is 11.0. The summed E-state index contributed by atoms with van der Waals surface area (Å²) in [6.45, 7) is 0.834. The van der Waals surface area contributed by atoms with Crippen LogP contribution in [0, 0.1) is 11.8 Å². The van der Waals surface area contributed by atoms with Gasteiger partial charge in [0, 0.05) is 21.7 Å². The molecule has 0 amide bonds. The molecule has 1 aliphatic rings. The molecule has 0 bridgehead atoms. The van der Waals surface area contributed by atoms with E-state index in [0.29, 0.717) is 5.02 Å². The summed E-state index contributed by atoms with van der Waals surface area (Å²) < 4.78 is 6.35. The molecule has 0 N–H and O–H groups in total. The molecule has 1 aliphatic heterocycles. The lowest BCUT2D eigenvalue weighted by Crippen LogP contribution is -1.99. The first-order valence-corrected chi connectivity index (χ1v) is 6.01. The van der Waals surface area contributed by atoms with E-state index in [4.69, 9.17) is 16.3 Å². The van der Waals surface area contributed by atoms with E-state index in [1.54, 1.807) is 0 Å². The van der Waals surface area contributed by atoms with Crippen molar-refractivity contribution in [3.8, 4) is 11.8 Å². The van der Waals surface area contributed by atoms with Gasteiger partial charge in [0.15, 0.2) is 0 Å². The molecule has 1 heterocycles. The van der Waals surface area contributed by atoms with E-state index >= 15 is 0 Å². The normalized spacial score (nSPS) is 19.7. The summed E-state index contributed by atoms with van der Waals surface area (Å²) in [5.74, 6) is 6.21. The summed E-state index contributed by atoms with van der Waals surface area (Å²) in [6, 6.07) is 5.60. The zero-order valence-electron chi connectivity index (χ0n) is 8.09. The molecular formula is C12H10BrClO. The second-order valence-corrected chi connectivity index (χ2v) is 4.69. The Kier molecular flexibility index (Phi) is 3.69. The van der Waals surface area contributed by atoms with E-state index in [0.717, 1.165) is 29.5 Å². The van der Waals surface area contributed by atoms with Crippen LogP contribution < -0.4 is 0 Å². The molecule has 78 valence electrons. The quantitative estimate of drug-likeness (QED) is 0.661. The molecule has 0 aromatic heterocycles. The Morgan fingerprint density at radius 3 is 3.00 bits per heavy atom. The Balaban J connectivity index is 2.15. The molecule has 3 heteroatoms. The highest BCUT2D eigenvalue weighted by Crippen LogP contribution is 2.21. The highest BCUT2D eigenvalue weighted by molar-refractivity contribution is 9.10. The molecule has 1 unspecified atom stereocenters. The van der Waals surface area contributed by atoms with Crippen molar-refractivity contribution < 1.29 is 4.74 Å². The Labute approximate surface area is 103 Å². The molecule has 0 saturated carbocycles. The van der Waals surface area contributed by atoms with Gasteiger partial charge in [0.25, 0.3) is 0 Å². The summed E-state index contributed by atoms with van der Waals surface area (Å²) in [6.07, 6.45) is 2.26. The van der Waals surface area contributed by atoms with Crippen molar-refractivity contribution >= 4 is 27.5 Å². The van der Waals surface area contributed by atoms with Crippen molar-refractivity contribution in [3.05, 3.63) is 33.3 Å². The van der Waals surface area contributed by atoms with Gasteiger partial charge < -0.3 is 4.74 Å². The largest absolute Gasteiger partial charge is 0.366 e. The maximum absolute atomic E-state index is 5.84. The molecule has 1 fully saturated rings. The fraction of sp³-hybridized carbons (Fsp3) is 0.333. The number of halogens is 2. The topological polar surface area (TPSA) is 9.23 Å². The number of rotatable bonds is 0. The number of hydrogen-bond acceptors (Lipinski definition) is 1. The van der Waals surface area contributed by atoms with E-state index in [2.05, 4.69) is 27.8 Å². The van der Waals surface area contributed by atoms with Gasteiger partial charge >= 0.3 is 0 Å². The number of ether oxygens (including phenoxy) is 1. The first-order chi connectivity index (χ1) is 7.25. The average Bonchev–Trinajstić information content (AvgIpc) is 2.69. The van der Waals surface area contributed by atoms with Crippen molar-refractivity contribution in [1.29, 1.82) is 0 Å². The van der Waals surface area contributed by atoms with Crippen LogP contribution in [0.15, 0.2) is 22.7 Å². The van der Waals surface area contributed by atoms with Gasteiger partial charge in [-0.25, -0.2) is 0 Å². The van der Waals surface area contributed by atoms with Crippen LogP contribution in [-0.2, 0) is 4.74 Å². The van der Waals surface area contributed by atoms with Gasteiger partial charge in [-0.3, -0.25) is 0 Å². The Bertz CT molecular complexity index is 413. The summed E-state index contributed by atoms with van der Waals surface area (Å²) in [5, 5.41) is 0.713. The van der Waals surface area contributed by atoms with Crippen LogP contribution in [0.2, 0.25) is 5.02 Å². The van der Waals surface area contributed by atoms with Gasteiger partial charge in [0.1, 0.15) is 6.10 Å². The molecule has 1 atom stereocenters. The van der Waals surface area contributed by atoms with E-state index in [-0.39, 0.29) is 6.10 Å². The van der Waals surface area contributed by atoms with Crippen LogP contribution in [0.3, 0.4) is 0 Å². The van der Waals surface area contributed by atoms with Gasteiger partial charge in [0.05, 0.1) is 0 Å². The van der Waals surface area contributed by atoms with Gasteiger partial charge in [-0.15, -0.1) is 0 Å². The van der Waals surface area contributed by atoms with Gasteiger partial charge in [-0.2, -0.15) is 0 Å². The second-order valence-electron chi connectivity index (χ2n) is 3.40. The van der Waals surface area contributed by atoms with Crippen LogP contribution in [-0.4, -0.2) is 12.7 Å². The lowest BCUT2D eigenvalue weighted by Gasteiger charge is -1.99. The molecule has 1 aromatic carbocycles. The summed E-state index contributed by atoms with van der Waals surface area (Å²) >= 11 is 9.27. The third-order valence-electron chi connectivity index (χ3n) is 2.23. The lowest BCUT2D eigenvalue weighted by molar-refractivity contribution is 0.152. The third-order valence-corrected chi connectivity index (χ3v) is 3.12. The molecule has 1 nitrogen and oxygen atoms in total. The van der Waals surface area contributed by atoms with Gasteiger partial charge in [-0.05, 0) is 47.0 Å². The van der Waals surface area contributed by atoms with Crippen LogP contribution in [0.1, 0.15) is 18.4 Å². The fourth-order valence-corrected chi connectivity index (χ4v) is 2.22. The highest BCUT2D eigenvalue weighted by atomic mass is 79.9. The first-order valence-electron chi connectivity index (χ1n) is 4.84. The Morgan fingerprint density at radius 2 is 2.33 bits per heavy atom. The third kappa shape index (κ3) is 2.98. The molecule has 0 radical (unpaired) electrons. The van der Waals surface area contributed by atoms with E-state index in [1.165, 1.54) is 0 Å². The minimum absolute atomic E-state index is 0.104. The van der Waals surface area contributed by atoms with Crippen molar-refractivity contribution in [3.63, 3.8) is 0 Å². The van der Waals surface area contributed by atoms with Crippen molar-refractivity contribution in [2.45, 2.75) is 18.9 Å². The van der Waals surface area contributed by atoms with E-state index in [1.807, 2.05) is 18.2 Å². The smallest absolute Gasteiger partial charge is 0.118 e. The minimum Gasteiger partial charge on any atom is -0.366 e. The number of hydrogen-bond donors (Lipinski definition) is 0. The highest BCUT2D eigenvalue weighted by Gasteiger charge is 2.11. The van der Waals surface area contributed by atoms with Gasteiger partial charge in [-0.1, -0.05) is 23.4 Å². The van der Waals surface area contributed by atoms with Crippen LogP contribution in [0.4, 0.5) is 0 Å². The predicted octanol–water partition coefficient (Wildman–Crippen LogP) is 3.63. The lowest BCUT2D eigenvalue weighted by atomic mass is 10.2. The number of benzene rings is 1. The van der Waals surface area contributed by atoms with E-state index < -0.39 is 0 Å². The zero-order valence-corrected chi connectivity index (χ0v) is 10.4. The molecule has 1 aromatic rings. The van der Waals surface area contributed by atoms with Gasteiger partial charge in [0.2, 0.25) is 0 Å². The SMILES string of the molecule is Clc1ccc(C#CC2CCCO2)c(Br)c1. The van der Waals surface area contributed by atoms with Crippen molar-refractivity contribution in [2.24, 2.45) is 0 Å². The predicted molar refractivity (Wildman–Crippen MR) is 65.0 cm³/mol. The Hall–Kier alpha value is -0.490. The van der Waals surface area contributed by atoms with Crippen molar-refractivity contribution in [2.75, 3.05) is 6.61 Å². The maximum atomic E-state index is 5.84. The standard InChI is InChI=1S/C12H10BrClO/c13-12-8-10(14)5-3-9(12)4-6-11-2-1-7-15-11/h3,5,8,11H,1-2,7H2. The van der Waals surface area contributed by atoms with Crippen LogP contribution in [0.25, 0.3) is 0 Å². The Morgan fingerprint density at radius 1 is 1.47 bits per heavy atom. The molecule has 15 heavy (non-hydrogen) atoms. The van der Waals surface area contributed by atoms with Crippen molar-refractivity contribution in [1.82, 2.24) is 0 Å². The maximum Gasteiger partial charge on any atom is 0.118 e. The zero-order chi connectivity index (χ0) is 10.7. The van der Waals surface area contributed by atoms with Crippen LogP contribution in [0.5, 0.6) is 0 Å². The fourth-order valence-electron chi connectivity index (χ4n) is 1.44. The second kappa shape index (κ2) is 5.03. The molecule has 2 rings (SSSR count). The minimum atomic E-state index is 0.104. The summed E-state index contributed by atoms with van der Waals surface area (Å²) in [5.41, 5.74) is 0.954. The molecular weight excluding hydrogens is 275 g/mol. The average molecular weight is 286 g/mol. The molecule has 0 aliphatic carbocycles. The van der Waals surface area contributed by atoms with Crippen LogP contribution >= 0.6 is 27.5 Å². The molecule has 0 spiro atoms. The summed E-state index contributed by atoms with van der Waals surface area (Å²) in [4.78, 5) is 0. The van der Waals surface area contributed by atoms with E-state index in [9.17, 15) is 0 Å².